The third-order valence-electron chi connectivity index (χ3n) is 4.60. The van der Waals surface area contributed by atoms with Gasteiger partial charge in [-0.25, -0.2) is 4.39 Å². The van der Waals surface area contributed by atoms with Crippen molar-refractivity contribution in [2.45, 2.75) is 5.92 Å². The van der Waals surface area contributed by atoms with Gasteiger partial charge in [-0.05, 0) is 54.1 Å². The van der Waals surface area contributed by atoms with Crippen LogP contribution in [0.1, 0.15) is 11.5 Å². The van der Waals surface area contributed by atoms with Gasteiger partial charge >= 0.3 is 0 Å². The first-order chi connectivity index (χ1) is 8.83. The molecule has 0 amide bonds. The highest BCUT2D eigenvalue weighted by Gasteiger charge is 2.54. The third-order valence-corrected chi connectivity index (χ3v) is 4.60. The molecule has 1 nitrogen and oxygen atoms in total. The van der Waals surface area contributed by atoms with E-state index in [9.17, 15) is 4.39 Å². The van der Waals surface area contributed by atoms with E-state index in [0.29, 0.717) is 5.92 Å². The molecule has 1 aliphatic heterocycles. The average Bonchev–Trinajstić information content (AvgIpc) is 2.83. The van der Waals surface area contributed by atoms with E-state index < -0.39 is 0 Å². The Hall–Kier alpha value is -1.41. The smallest absolute Gasteiger partial charge is 0.123 e. The molecule has 3 unspecified atom stereocenters. The first-order valence-corrected chi connectivity index (χ1v) is 6.69. The molecule has 0 aromatic heterocycles. The molecule has 0 bridgehead atoms. The number of allylic oxidation sites excluding steroid dienone is 4. The van der Waals surface area contributed by atoms with Crippen molar-refractivity contribution in [1.29, 1.82) is 0 Å². The molecule has 1 aromatic rings. The quantitative estimate of drug-likeness (QED) is 0.839. The molecular formula is C16H16FN. The number of halogens is 1. The SMILES string of the molecule is Fc1ccc(C2C=CC(C3C4CNC[C@H]43)=C2)cc1. The van der Waals surface area contributed by atoms with Gasteiger partial charge in [0.05, 0.1) is 0 Å². The lowest BCUT2D eigenvalue weighted by Gasteiger charge is -2.06. The normalized spacial score (nSPS) is 36.6. The number of nitrogens with one attached hydrogen (secondary N) is 1. The van der Waals surface area contributed by atoms with Crippen LogP contribution in [0.15, 0.2) is 48.1 Å². The van der Waals surface area contributed by atoms with E-state index in [4.69, 9.17) is 0 Å². The van der Waals surface area contributed by atoms with Crippen LogP contribution in [0.4, 0.5) is 4.39 Å². The minimum absolute atomic E-state index is 0.160. The molecule has 0 radical (unpaired) electrons. The summed E-state index contributed by atoms with van der Waals surface area (Å²) in [6, 6.07) is 6.87. The number of hydrogen-bond acceptors (Lipinski definition) is 1. The standard InChI is InChI=1S/C16H16FN/c17-13-5-3-10(4-6-13)11-1-2-12(7-11)16-14-8-18-9-15(14)16/h1-7,11,14-16,18H,8-9H2/t11?,14-,15?,16?/m1/s1. The fourth-order valence-corrected chi connectivity index (χ4v) is 3.56. The van der Waals surface area contributed by atoms with Crippen molar-refractivity contribution in [2.24, 2.45) is 17.8 Å². The summed E-state index contributed by atoms with van der Waals surface area (Å²) >= 11 is 0. The van der Waals surface area contributed by atoms with Crippen LogP contribution in [-0.4, -0.2) is 13.1 Å². The predicted octanol–water partition coefficient (Wildman–Crippen LogP) is 2.87. The van der Waals surface area contributed by atoms with Crippen LogP contribution in [0.3, 0.4) is 0 Å². The maximum Gasteiger partial charge on any atom is 0.123 e. The zero-order valence-electron chi connectivity index (χ0n) is 10.1. The van der Waals surface area contributed by atoms with E-state index in [0.717, 1.165) is 17.8 Å². The molecule has 1 heterocycles. The lowest BCUT2D eigenvalue weighted by atomic mass is 10.00. The first kappa shape index (κ1) is 10.5. The molecular weight excluding hydrogens is 225 g/mol. The Bertz CT molecular complexity index is 519. The van der Waals surface area contributed by atoms with E-state index in [1.54, 1.807) is 12.1 Å². The van der Waals surface area contributed by atoms with Crippen molar-refractivity contribution in [3.8, 4) is 0 Å². The largest absolute Gasteiger partial charge is 0.316 e. The van der Waals surface area contributed by atoms with Crippen molar-refractivity contribution in [2.75, 3.05) is 13.1 Å². The number of fused-ring (bicyclic) bond motifs is 1. The van der Waals surface area contributed by atoms with Gasteiger partial charge in [0.1, 0.15) is 5.82 Å². The van der Waals surface area contributed by atoms with Crippen LogP contribution >= 0.6 is 0 Å². The molecule has 92 valence electrons. The van der Waals surface area contributed by atoms with Crippen LogP contribution in [0.5, 0.6) is 0 Å². The number of benzene rings is 1. The average molecular weight is 241 g/mol. The molecule has 2 heteroatoms. The summed E-state index contributed by atoms with van der Waals surface area (Å²) < 4.78 is 12.9. The van der Waals surface area contributed by atoms with Crippen LogP contribution in [0.2, 0.25) is 0 Å². The van der Waals surface area contributed by atoms with Gasteiger partial charge in [-0.1, -0.05) is 30.4 Å². The maximum absolute atomic E-state index is 12.9. The van der Waals surface area contributed by atoms with Gasteiger partial charge in [0.25, 0.3) is 0 Å². The van der Waals surface area contributed by atoms with Gasteiger partial charge in [-0.2, -0.15) is 0 Å². The van der Waals surface area contributed by atoms with Crippen LogP contribution in [-0.2, 0) is 0 Å². The molecule has 4 atom stereocenters. The summed E-state index contributed by atoms with van der Waals surface area (Å²) in [6.07, 6.45) is 6.87. The van der Waals surface area contributed by atoms with Gasteiger partial charge in [0, 0.05) is 5.92 Å². The van der Waals surface area contributed by atoms with Gasteiger partial charge < -0.3 is 5.32 Å². The Morgan fingerprint density at radius 1 is 1.06 bits per heavy atom. The molecule has 18 heavy (non-hydrogen) atoms. The molecule has 2 aliphatic carbocycles. The van der Waals surface area contributed by atoms with Crippen molar-refractivity contribution >= 4 is 0 Å². The van der Waals surface area contributed by atoms with Crippen LogP contribution < -0.4 is 5.32 Å². The van der Waals surface area contributed by atoms with Crippen molar-refractivity contribution < 1.29 is 4.39 Å². The molecule has 1 saturated carbocycles. The van der Waals surface area contributed by atoms with E-state index in [1.165, 1.54) is 24.2 Å². The maximum atomic E-state index is 12.9. The van der Waals surface area contributed by atoms with E-state index >= 15 is 0 Å². The lowest BCUT2D eigenvalue weighted by molar-refractivity contribution is 0.627. The highest BCUT2D eigenvalue weighted by atomic mass is 19.1. The van der Waals surface area contributed by atoms with Gasteiger partial charge in [0.15, 0.2) is 0 Å². The molecule has 0 spiro atoms. The molecule has 3 aliphatic rings. The summed E-state index contributed by atoms with van der Waals surface area (Å²) in [4.78, 5) is 0. The second-order valence-electron chi connectivity index (χ2n) is 5.61. The van der Waals surface area contributed by atoms with Crippen LogP contribution in [0, 0.1) is 23.6 Å². The fraction of sp³-hybridized carbons (Fsp3) is 0.375. The van der Waals surface area contributed by atoms with Crippen molar-refractivity contribution in [3.05, 3.63) is 59.4 Å². The van der Waals surface area contributed by atoms with E-state index in [-0.39, 0.29) is 5.82 Å². The minimum atomic E-state index is -0.160. The molecule has 1 N–H and O–H groups in total. The minimum Gasteiger partial charge on any atom is -0.316 e. The molecule has 4 rings (SSSR count). The van der Waals surface area contributed by atoms with Crippen molar-refractivity contribution in [1.82, 2.24) is 5.32 Å². The second-order valence-corrected chi connectivity index (χ2v) is 5.61. The topological polar surface area (TPSA) is 12.0 Å². The molecule has 1 saturated heterocycles. The summed E-state index contributed by atoms with van der Waals surface area (Å²) in [5.41, 5.74) is 2.69. The van der Waals surface area contributed by atoms with E-state index in [2.05, 4.69) is 23.5 Å². The highest BCUT2D eigenvalue weighted by Crippen LogP contribution is 2.54. The summed E-state index contributed by atoms with van der Waals surface area (Å²) in [7, 11) is 0. The first-order valence-electron chi connectivity index (χ1n) is 6.69. The summed E-state index contributed by atoms with van der Waals surface area (Å²) in [5.74, 6) is 2.70. The predicted molar refractivity (Wildman–Crippen MR) is 69.7 cm³/mol. The summed E-state index contributed by atoms with van der Waals surface area (Å²) in [5, 5.41) is 3.43. The van der Waals surface area contributed by atoms with Gasteiger partial charge in [0.2, 0.25) is 0 Å². The van der Waals surface area contributed by atoms with Crippen LogP contribution in [0.25, 0.3) is 0 Å². The summed E-state index contributed by atoms with van der Waals surface area (Å²) in [6.45, 7) is 2.36. The molecule has 2 fully saturated rings. The highest BCUT2D eigenvalue weighted by molar-refractivity contribution is 5.44. The Kier molecular flexibility index (Phi) is 2.21. The zero-order valence-corrected chi connectivity index (χ0v) is 10.1. The van der Waals surface area contributed by atoms with Gasteiger partial charge in [-0.3, -0.25) is 0 Å². The van der Waals surface area contributed by atoms with Gasteiger partial charge in [-0.15, -0.1) is 0 Å². The Balaban J connectivity index is 1.54. The number of piperidine rings is 1. The monoisotopic (exact) mass is 241 g/mol. The third kappa shape index (κ3) is 1.56. The second kappa shape index (κ2) is 3.79. The van der Waals surface area contributed by atoms with Crippen molar-refractivity contribution in [3.63, 3.8) is 0 Å². The Morgan fingerprint density at radius 3 is 2.50 bits per heavy atom. The Labute approximate surface area is 106 Å². The Morgan fingerprint density at radius 2 is 1.78 bits per heavy atom. The molecule has 1 aromatic carbocycles. The van der Waals surface area contributed by atoms with E-state index in [1.807, 2.05) is 12.1 Å². The number of hydrogen-bond donors (Lipinski definition) is 1. The number of rotatable bonds is 2. The fourth-order valence-electron chi connectivity index (χ4n) is 3.56. The lowest BCUT2D eigenvalue weighted by Crippen LogP contribution is -2.14. The zero-order chi connectivity index (χ0) is 12.1.